The maximum absolute atomic E-state index is 12.9. The summed E-state index contributed by atoms with van der Waals surface area (Å²) in [6, 6.07) is 3.97. The lowest BCUT2D eigenvalue weighted by atomic mass is 10.1. The van der Waals surface area contributed by atoms with E-state index >= 15 is 0 Å². The van der Waals surface area contributed by atoms with Crippen molar-refractivity contribution in [3.8, 4) is 0 Å². The summed E-state index contributed by atoms with van der Waals surface area (Å²) in [5.41, 5.74) is 2.85. The van der Waals surface area contributed by atoms with Gasteiger partial charge in [-0.25, -0.2) is 9.97 Å². The minimum Gasteiger partial charge on any atom is -0.354 e. The van der Waals surface area contributed by atoms with Crippen LogP contribution in [0.1, 0.15) is 24.2 Å². The number of anilines is 1. The first kappa shape index (κ1) is 16.3. The molecule has 0 radical (unpaired) electrons. The van der Waals surface area contributed by atoms with Gasteiger partial charge < -0.3 is 14.8 Å². The molecule has 2 fully saturated rings. The third-order valence-corrected chi connectivity index (χ3v) is 5.73. The fourth-order valence-corrected chi connectivity index (χ4v) is 4.09. The molecule has 2 N–H and O–H groups in total. The number of nitrogens with zero attached hydrogens (tertiary/aromatic N) is 5. The van der Waals surface area contributed by atoms with Crippen molar-refractivity contribution in [3.05, 3.63) is 36.0 Å². The zero-order valence-electron chi connectivity index (χ0n) is 15.4. The average Bonchev–Trinajstić information content (AvgIpc) is 3.09. The largest absolute Gasteiger partial charge is 0.354 e. The Labute approximate surface area is 157 Å². The molecule has 1 spiro atoms. The van der Waals surface area contributed by atoms with Gasteiger partial charge in [0.25, 0.3) is 0 Å². The van der Waals surface area contributed by atoms with E-state index in [4.69, 9.17) is 0 Å². The van der Waals surface area contributed by atoms with Crippen LogP contribution in [0.2, 0.25) is 0 Å². The number of carbonyl (C=O) groups excluding carboxylic acids is 1. The second-order valence-electron chi connectivity index (χ2n) is 7.89. The lowest BCUT2D eigenvalue weighted by Gasteiger charge is -2.25. The fraction of sp³-hybridized carbons (Fsp3) is 0.474. The molecule has 2 aliphatic rings. The predicted octanol–water partition coefficient (Wildman–Crippen LogP) is 1.66. The van der Waals surface area contributed by atoms with Crippen LogP contribution in [0, 0.1) is 12.3 Å². The third-order valence-electron chi connectivity index (χ3n) is 5.73. The standard InChI is InChI=1S/C19H23N7O/c1-13-8-14(24-23-13)9-16(27)25-6-7-26(11-19(10-25)3-4-19)18-15-2-5-20-17(15)21-12-22-18/h2,5,8,12H,3-4,6-7,9-11H2,1H3,(H,23,24)(H,20,21,22). The molecule has 0 atom stereocenters. The molecular weight excluding hydrogens is 342 g/mol. The number of nitrogens with one attached hydrogen (secondary N) is 2. The van der Waals surface area contributed by atoms with E-state index in [2.05, 4.69) is 30.0 Å². The molecule has 1 aliphatic carbocycles. The lowest BCUT2D eigenvalue weighted by molar-refractivity contribution is -0.131. The molecule has 5 rings (SSSR count). The van der Waals surface area contributed by atoms with Gasteiger partial charge >= 0.3 is 0 Å². The number of rotatable bonds is 3. The van der Waals surface area contributed by atoms with Crippen LogP contribution < -0.4 is 4.90 Å². The van der Waals surface area contributed by atoms with Gasteiger partial charge in [0.15, 0.2) is 0 Å². The first-order valence-electron chi connectivity index (χ1n) is 9.44. The topological polar surface area (TPSA) is 93.8 Å². The smallest absolute Gasteiger partial charge is 0.228 e. The first-order valence-corrected chi connectivity index (χ1v) is 9.44. The van der Waals surface area contributed by atoms with Crippen molar-refractivity contribution in [2.45, 2.75) is 26.2 Å². The Morgan fingerprint density at radius 3 is 2.93 bits per heavy atom. The van der Waals surface area contributed by atoms with Crippen molar-refractivity contribution in [2.75, 3.05) is 31.1 Å². The van der Waals surface area contributed by atoms with E-state index in [0.717, 1.165) is 60.7 Å². The number of hydrogen-bond donors (Lipinski definition) is 2. The van der Waals surface area contributed by atoms with Crippen LogP contribution in [0.25, 0.3) is 11.0 Å². The van der Waals surface area contributed by atoms with Crippen molar-refractivity contribution in [2.24, 2.45) is 5.41 Å². The summed E-state index contributed by atoms with van der Waals surface area (Å²) in [6.07, 6.45) is 6.19. The van der Waals surface area contributed by atoms with Crippen LogP contribution in [0.5, 0.6) is 0 Å². The van der Waals surface area contributed by atoms with Gasteiger partial charge in [0.05, 0.1) is 17.5 Å². The van der Waals surface area contributed by atoms with Gasteiger partial charge in [0.1, 0.15) is 17.8 Å². The van der Waals surface area contributed by atoms with E-state index in [0.29, 0.717) is 13.0 Å². The Kier molecular flexibility index (Phi) is 3.66. The number of aromatic amines is 2. The molecule has 1 saturated carbocycles. The van der Waals surface area contributed by atoms with Crippen molar-refractivity contribution in [1.82, 2.24) is 30.0 Å². The van der Waals surface area contributed by atoms with Crippen molar-refractivity contribution in [3.63, 3.8) is 0 Å². The minimum atomic E-state index is 0.157. The number of carbonyl (C=O) groups is 1. The summed E-state index contributed by atoms with van der Waals surface area (Å²) in [7, 11) is 0. The molecule has 0 bridgehead atoms. The lowest BCUT2D eigenvalue weighted by Crippen LogP contribution is -2.37. The second kappa shape index (κ2) is 6.07. The highest BCUT2D eigenvalue weighted by atomic mass is 16.2. The normalized spacial score (nSPS) is 18.9. The quantitative estimate of drug-likeness (QED) is 0.736. The van der Waals surface area contributed by atoms with Crippen molar-refractivity contribution < 1.29 is 4.79 Å². The van der Waals surface area contributed by atoms with Gasteiger partial charge in [-0.1, -0.05) is 0 Å². The minimum absolute atomic E-state index is 0.157. The fourth-order valence-electron chi connectivity index (χ4n) is 4.09. The summed E-state index contributed by atoms with van der Waals surface area (Å²) >= 11 is 0. The molecule has 1 amide bonds. The van der Waals surface area contributed by atoms with Crippen LogP contribution in [-0.2, 0) is 11.2 Å². The van der Waals surface area contributed by atoms with E-state index in [1.807, 2.05) is 30.2 Å². The van der Waals surface area contributed by atoms with E-state index in [9.17, 15) is 4.79 Å². The number of H-pyrrole nitrogens is 2. The number of aryl methyl sites for hydroxylation is 1. The van der Waals surface area contributed by atoms with E-state index in [1.54, 1.807) is 6.33 Å². The Morgan fingerprint density at radius 2 is 2.15 bits per heavy atom. The summed E-state index contributed by atoms with van der Waals surface area (Å²) in [6.45, 7) is 5.21. The highest BCUT2D eigenvalue weighted by Gasteiger charge is 2.47. The number of aromatic nitrogens is 5. The van der Waals surface area contributed by atoms with E-state index < -0.39 is 0 Å². The van der Waals surface area contributed by atoms with Crippen molar-refractivity contribution in [1.29, 1.82) is 0 Å². The van der Waals surface area contributed by atoms with Crippen molar-refractivity contribution >= 4 is 22.8 Å². The van der Waals surface area contributed by atoms with Gasteiger partial charge in [-0.05, 0) is 31.9 Å². The molecule has 140 valence electrons. The molecule has 3 aromatic heterocycles. The summed E-state index contributed by atoms with van der Waals surface area (Å²) < 4.78 is 0. The molecule has 8 heteroatoms. The van der Waals surface area contributed by atoms with Crippen LogP contribution in [0.3, 0.4) is 0 Å². The molecule has 8 nitrogen and oxygen atoms in total. The first-order chi connectivity index (χ1) is 13.1. The van der Waals surface area contributed by atoms with Crippen LogP contribution in [0.4, 0.5) is 5.82 Å². The Hall–Kier alpha value is -2.90. The Morgan fingerprint density at radius 1 is 1.26 bits per heavy atom. The maximum Gasteiger partial charge on any atom is 0.228 e. The zero-order chi connectivity index (χ0) is 18.4. The maximum atomic E-state index is 12.9. The van der Waals surface area contributed by atoms with Crippen LogP contribution in [0.15, 0.2) is 24.7 Å². The molecule has 27 heavy (non-hydrogen) atoms. The van der Waals surface area contributed by atoms with E-state index in [1.165, 1.54) is 0 Å². The van der Waals surface area contributed by atoms with Gasteiger partial charge in [0, 0.05) is 43.5 Å². The number of hydrogen-bond acceptors (Lipinski definition) is 5. The zero-order valence-corrected chi connectivity index (χ0v) is 15.4. The van der Waals surface area contributed by atoms with E-state index in [-0.39, 0.29) is 11.3 Å². The van der Waals surface area contributed by atoms with Gasteiger partial charge in [-0.15, -0.1) is 0 Å². The summed E-state index contributed by atoms with van der Waals surface area (Å²) in [5, 5.41) is 8.17. The van der Waals surface area contributed by atoms with Gasteiger partial charge in [-0.2, -0.15) is 5.10 Å². The summed E-state index contributed by atoms with van der Waals surface area (Å²) in [4.78, 5) is 29.2. The van der Waals surface area contributed by atoms with Gasteiger partial charge in [0.2, 0.25) is 5.91 Å². The van der Waals surface area contributed by atoms with Gasteiger partial charge in [-0.3, -0.25) is 9.89 Å². The SMILES string of the molecule is Cc1cc(CC(=O)N2CCN(c3ncnc4[nH]ccc34)CC3(CC3)C2)n[nH]1. The summed E-state index contributed by atoms with van der Waals surface area (Å²) in [5.74, 6) is 1.12. The predicted molar refractivity (Wildman–Crippen MR) is 101 cm³/mol. The monoisotopic (exact) mass is 365 g/mol. The Bertz CT molecular complexity index is 987. The third kappa shape index (κ3) is 3.05. The molecule has 0 aromatic carbocycles. The Balaban J connectivity index is 1.37. The molecule has 0 unspecified atom stereocenters. The van der Waals surface area contributed by atoms with Crippen LogP contribution in [-0.4, -0.2) is 62.1 Å². The average molecular weight is 365 g/mol. The molecule has 3 aromatic rings. The molecule has 1 saturated heterocycles. The van der Waals surface area contributed by atoms with Crippen LogP contribution >= 0.6 is 0 Å². The molecular formula is C19H23N7O. The highest BCUT2D eigenvalue weighted by molar-refractivity contribution is 5.87. The second-order valence-corrected chi connectivity index (χ2v) is 7.89. The highest BCUT2D eigenvalue weighted by Crippen LogP contribution is 2.48. The molecule has 4 heterocycles. The molecule has 1 aliphatic heterocycles. The number of amides is 1. The number of fused-ring (bicyclic) bond motifs is 1.